The Bertz CT molecular complexity index is 1830. The Hall–Kier alpha value is -5.29. The molecule has 3 aromatic carbocycles. The van der Waals surface area contributed by atoms with E-state index in [9.17, 15) is 19.2 Å². The summed E-state index contributed by atoms with van der Waals surface area (Å²) in [5.41, 5.74) is 0.777. The van der Waals surface area contributed by atoms with Gasteiger partial charge in [0, 0.05) is 23.1 Å². The number of nitrogens with one attached hydrogen (secondary N) is 2. The van der Waals surface area contributed by atoms with Gasteiger partial charge in [0.15, 0.2) is 4.96 Å². The SMILES string of the molecule is CCCOC(=O)c1cccc(NC(=O)c2c(C(=O)Nc3ccc(Oc4ccccc4)cc3)sc3nc(C)cc(=O)n23)c1. The molecule has 0 aliphatic carbocycles. The number of aryl methyl sites for hydroxylation is 1. The molecule has 0 atom stereocenters. The number of hydrogen-bond acceptors (Lipinski definition) is 8. The highest BCUT2D eigenvalue weighted by atomic mass is 32.1. The number of thiazole rings is 1. The van der Waals surface area contributed by atoms with Crippen LogP contribution in [0.1, 0.15) is 49.6 Å². The number of anilines is 2. The maximum atomic E-state index is 13.6. The fourth-order valence-corrected chi connectivity index (χ4v) is 5.12. The summed E-state index contributed by atoms with van der Waals surface area (Å²) in [6, 6.07) is 23.5. The number of ether oxygens (including phenoxy) is 2. The lowest BCUT2D eigenvalue weighted by atomic mass is 10.2. The number of fused-ring (bicyclic) bond motifs is 1. The number of benzene rings is 3. The summed E-state index contributed by atoms with van der Waals surface area (Å²) in [4.78, 5) is 56.8. The number of carbonyl (C=O) groups is 3. The molecule has 0 unspecified atom stereocenters. The molecule has 10 nitrogen and oxygen atoms in total. The van der Waals surface area contributed by atoms with Gasteiger partial charge in [0.25, 0.3) is 17.4 Å². The fraction of sp³-hybridized carbons (Fsp3) is 0.129. The molecule has 0 saturated heterocycles. The Morgan fingerprint density at radius 2 is 1.57 bits per heavy atom. The first-order valence-electron chi connectivity index (χ1n) is 13.1. The van der Waals surface area contributed by atoms with Gasteiger partial charge in [0.1, 0.15) is 22.1 Å². The summed E-state index contributed by atoms with van der Waals surface area (Å²) >= 11 is 0.921. The molecule has 2 amide bonds. The lowest BCUT2D eigenvalue weighted by Crippen LogP contribution is -2.25. The summed E-state index contributed by atoms with van der Waals surface area (Å²) in [5.74, 6) is -0.587. The van der Waals surface area contributed by atoms with Crippen LogP contribution >= 0.6 is 11.3 Å². The van der Waals surface area contributed by atoms with Crippen LogP contribution in [0.15, 0.2) is 89.7 Å². The minimum atomic E-state index is -0.718. The van der Waals surface area contributed by atoms with Crippen molar-refractivity contribution in [3.05, 3.63) is 117 Å². The Labute approximate surface area is 244 Å². The molecule has 2 heterocycles. The molecule has 212 valence electrons. The van der Waals surface area contributed by atoms with E-state index >= 15 is 0 Å². The molecule has 42 heavy (non-hydrogen) atoms. The van der Waals surface area contributed by atoms with Crippen molar-refractivity contribution < 1.29 is 23.9 Å². The van der Waals surface area contributed by atoms with Crippen molar-refractivity contribution in [3.8, 4) is 11.5 Å². The first kappa shape index (κ1) is 28.2. The van der Waals surface area contributed by atoms with Crippen molar-refractivity contribution in [1.82, 2.24) is 9.38 Å². The van der Waals surface area contributed by atoms with Crippen LogP contribution in [0.5, 0.6) is 11.5 Å². The maximum absolute atomic E-state index is 13.6. The second kappa shape index (κ2) is 12.5. The lowest BCUT2D eigenvalue weighted by molar-refractivity contribution is 0.0505. The number of carbonyl (C=O) groups excluding carboxylic acids is 3. The van der Waals surface area contributed by atoms with E-state index in [0.29, 0.717) is 35.0 Å². The number of rotatable bonds is 9. The van der Waals surface area contributed by atoms with Gasteiger partial charge in [-0.15, -0.1) is 0 Å². The lowest BCUT2D eigenvalue weighted by Gasteiger charge is -2.10. The quantitative estimate of drug-likeness (QED) is 0.206. The average Bonchev–Trinajstić information content (AvgIpc) is 3.38. The third kappa shape index (κ3) is 6.37. The Balaban J connectivity index is 1.42. The Morgan fingerprint density at radius 1 is 0.857 bits per heavy atom. The zero-order chi connectivity index (χ0) is 29.6. The first-order chi connectivity index (χ1) is 20.3. The second-order valence-electron chi connectivity index (χ2n) is 9.20. The van der Waals surface area contributed by atoms with Gasteiger partial charge in [-0.25, -0.2) is 14.2 Å². The zero-order valence-corrected chi connectivity index (χ0v) is 23.6. The van der Waals surface area contributed by atoms with E-state index in [1.54, 1.807) is 49.4 Å². The van der Waals surface area contributed by atoms with Crippen LogP contribution in [0, 0.1) is 6.92 Å². The molecule has 0 bridgehead atoms. The van der Waals surface area contributed by atoms with Gasteiger partial charge < -0.3 is 20.1 Å². The Kier molecular flexibility index (Phi) is 8.39. The fourth-order valence-electron chi connectivity index (χ4n) is 4.06. The molecule has 0 spiro atoms. The molecule has 0 aliphatic heterocycles. The summed E-state index contributed by atoms with van der Waals surface area (Å²) in [5, 5.41) is 5.47. The number of hydrogen-bond donors (Lipinski definition) is 2. The zero-order valence-electron chi connectivity index (χ0n) is 22.7. The highest BCUT2D eigenvalue weighted by Gasteiger charge is 2.26. The highest BCUT2D eigenvalue weighted by Crippen LogP contribution is 2.26. The van der Waals surface area contributed by atoms with Gasteiger partial charge in [-0.2, -0.15) is 0 Å². The van der Waals surface area contributed by atoms with Gasteiger partial charge in [-0.05, 0) is 67.9 Å². The Morgan fingerprint density at radius 3 is 2.31 bits per heavy atom. The molecule has 0 saturated carbocycles. The van der Waals surface area contributed by atoms with E-state index in [1.807, 2.05) is 37.3 Å². The van der Waals surface area contributed by atoms with Crippen molar-refractivity contribution in [3.63, 3.8) is 0 Å². The van der Waals surface area contributed by atoms with Crippen molar-refractivity contribution in [2.75, 3.05) is 17.2 Å². The molecule has 0 radical (unpaired) electrons. The van der Waals surface area contributed by atoms with Crippen molar-refractivity contribution in [2.24, 2.45) is 0 Å². The van der Waals surface area contributed by atoms with E-state index in [1.165, 1.54) is 12.1 Å². The highest BCUT2D eigenvalue weighted by molar-refractivity contribution is 7.19. The van der Waals surface area contributed by atoms with Crippen LogP contribution in [0.4, 0.5) is 11.4 Å². The van der Waals surface area contributed by atoms with Gasteiger partial charge in [0.05, 0.1) is 12.2 Å². The van der Waals surface area contributed by atoms with Crippen molar-refractivity contribution >= 4 is 45.5 Å². The van der Waals surface area contributed by atoms with Crippen molar-refractivity contribution in [1.29, 1.82) is 0 Å². The van der Waals surface area contributed by atoms with Crippen molar-refractivity contribution in [2.45, 2.75) is 20.3 Å². The van der Waals surface area contributed by atoms with E-state index in [4.69, 9.17) is 9.47 Å². The van der Waals surface area contributed by atoms with Crippen LogP contribution in [0.3, 0.4) is 0 Å². The minimum absolute atomic E-state index is 0.00850. The number of nitrogens with zero attached hydrogens (tertiary/aromatic N) is 2. The maximum Gasteiger partial charge on any atom is 0.338 e. The molecule has 11 heteroatoms. The van der Waals surface area contributed by atoms with Gasteiger partial charge in [0.2, 0.25) is 0 Å². The van der Waals surface area contributed by atoms with E-state index < -0.39 is 23.3 Å². The first-order valence-corrected chi connectivity index (χ1v) is 13.9. The number of aromatic nitrogens is 2. The molecular formula is C31H26N4O6S. The topological polar surface area (TPSA) is 128 Å². The molecule has 2 N–H and O–H groups in total. The van der Waals surface area contributed by atoms with Crippen LogP contribution in [0.25, 0.3) is 4.96 Å². The molecule has 0 aliphatic rings. The molecule has 5 rings (SSSR count). The van der Waals surface area contributed by atoms with E-state index in [0.717, 1.165) is 15.7 Å². The largest absolute Gasteiger partial charge is 0.462 e. The van der Waals surface area contributed by atoms with Crippen LogP contribution in [0.2, 0.25) is 0 Å². The summed E-state index contributed by atoms with van der Waals surface area (Å²) in [7, 11) is 0. The average molecular weight is 583 g/mol. The third-order valence-corrected chi connectivity index (χ3v) is 6.99. The normalized spacial score (nSPS) is 10.7. The van der Waals surface area contributed by atoms with Gasteiger partial charge in [-0.1, -0.05) is 42.5 Å². The predicted molar refractivity (Wildman–Crippen MR) is 160 cm³/mol. The van der Waals surface area contributed by atoms with Crippen LogP contribution in [-0.4, -0.2) is 33.8 Å². The molecular weight excluding hydrogens is 556 g/mol. The standard InChI is InChI=1S/C31H26N4O6S/c1-3-16-40-30(39)20-8-7-9-22(18-20)34-28(37)26-27(42-31-32-19(2)17-25(36)35(26)31)29(38)33-21-12-14-24(15-13-21)41-23-10-5-4-6-11-23/h4-15,17-18H,3,16H2,1-2H3,(H,33,38)(H,34,37). The number of esters is 1. The number of para-hydroxylation sites is 1. The molecule has 5 aromatic rings. The van der Waals surface area contributed by atoms with Crippen LogP contribution < -0.4 is 20.9 Å². The monoisotopic (exact) mass is 582 g/mol. The van der Waals surface area contributed by atoms with E-state index in [-0.39, 0.29) is 27.7 Å². The van der Waals surface area contributed by atoms with Gasteiger partial charge >= 0.3 is 5.97 Å². The summed E-state index contributed by atoms with van der Waals surface area (Å²) in [6.45, 7) is 3.81. The molecule has 2 aromatic heterocycles. The second-order valence-corrected chi connectivity index (χ2v) is 10.2. The smallest absolute Gasteiger partial charge is 0.338 e. The van der Waals surface area contributed by atoms with E-state index in [2.05, 4.69) is 15.6 Å². The van der Waals surface area contributed by atoms with Crippen LogP contribution in [-0.2, 0) is 4.74 Å². The molecule has 0 fully saturated rings. The van der Waals surface area contributed by atoms with Gasteiger partial charge in [-0.3, -0.25) is 14.4 Å². The summed E-state index contributed by atoms with van der Waals surface area (Å²) in [6.07, 6.45) is 0.673. The minimum Gasteiger partial charge on any atom is -0.462 e. The third-order valence-electron chi connectivity index (χ3n) is 5.95. The predicted octanol–water partition coefficient (Wildman–Crippen LogP) is 5.93. The number of amides is 2. The summed E-state index contributed by atoms with van der Waals surface area (Å²) < 4.78 is 12.1.